The number of unbranched alkanes of at least 4 members (excludes halogenated alkanes) is 30. The second kappa shape index (κ2) is 78.4. The van der Waals surface area contributed by atoms with Gasteiger partial charge in [0.05, 0.1) is 13.2 Å². The Hall–Kier alpha value is -4.63. The minimum atomic E-state index is -4.41. The fraction of sp³-hybridized carbons (Fsp3) is 0.647. The maximum Gasteiger partial charge on any atom is 0.472 e. The minimum absolute atomic E-state index is 0.0472. The van der Waals surface area contributed by atoms with E-state index < -0.39 is 26.5 Å². The third-order valence-electron chi connectivity index (χ3n) is 16.1. The van der Waals surface area contributed by atoms with Gasteiger partial charge in [0.1, 0.15) is 6.61 Å². The molecule has 0 aromatic rings. The second-order valence-electron chi connectivity index (χ2n) is 25.1. The number of phosphoric acid groups is 1. The van der Waals surface area contributed by atoms with Crippen LogP contribution in [0.15, 0.2) is 170 Å². The molecule has 0 bridgehead atoms. The van der Waals surface area contributed by atoms with Crippen molar-refractivity contribution in [2.24, 2.45) is 5.73 Å². The highest BCUT2D eigenvalue weighted by Gasteiger charge is 2.26. The lowest BCUT2D eigenvalue weighted by molar-refractivity contribution is -0.161. The first-order valence-electron chi connectivity index (χ1n) is 38.6. The number of rotatable bonds is 71. The van der Waals surface area contributed by atoms with Crippen LogP contribution in [0.3, 0.4) is 0 Å². The molecule has 0 aliphatic heterocycles. The average molecular weight is 1340 g/mol. The molecule has 2 unspecified atom stereocenters. The summed E-state index contributed by atoms with van der Waals surface area (Å²) in [7, 11) is -4.41. The highest BCUT2D eigenvalue weighted by molar-refractivity contribution is 7.47. The molecule has 0 saturated carbocycles. The van der Waals surface area contributed by atoms with Gasteiger partial charge in [-0.2, -0.15) is 0 Å². The zero-order valence-corrected chi connectivity index (χ0v) is 61.7. The molecule has 0 fully saturated rings. The van der Waals surface area contributed by atoms with E-state index in [0.717, 1.165) is 135 Å². The minimum Gasteiger partial charge on any atom is -0.462 e. The van der Waals surface area contributed by atoms with Gasteiger partial charge in [-0.15, -0.1) is 0 Å². The summed E-state index contributed by atoms with van der Waals surface area (Å²) in [5, 5.41) is 0. The molecule has 9 nitrogen and oxygen atoms in total. The summed E-state index contributed by atoms with van der Waals surface area (Å²) >= 11 is 0. The molecule has 0 aromatic carbocycles. The third-order valence-corrected chi connectivity index (χ3v) is 17.1. The van der Waals surface area contributed by atoms with Crippen molar-refractivity contribution in [3.05, 3.63) is 170 Å². The fourth-order valence-corrected chi connectivity index (χ4v) is 11.2. The van der Waals surface area contributed by atoms with Crippen LogP contribution >= 0.6 is 7.82 Å². The Bertz CT molecular complexity index is 2170. The van der Waals surface area contributed by atoms with Crippen molar-refractivity contribution in [1.82, 2.24) is 0 Å². The lowest BCUT2D eigenvalue weighted by atomic mass is 10.0. The van der Waals surface area contributed by atoms with Crippen molar-refractivity contribution in [3.63, 3.8) is 0 Å². The summed E-state index contributed by atoms with van der Waals surface area (Å²) in [6.45, 7) is 3.53. The number of nitrogens with two attached hydrogens (primary N) is 1. The zero-order chi connectivity index (χ0) is 68.6. The number of hydrogen-bond donors (Lipinski definition) is 2. The van der Waals surface area contributed by atoms with Crippen molar-refractivity contribution in [1.29, 1.82) is 0 Å². The Labute approximate surface area is 584 Å². The molecule has 0 spiro atoms. The van der Waals surface area contributed by atoms with Gasteiger partial charge in [-0.25, -0.2) is 4.57 Å². The van der Waals surface area contributed by atoms with E-state index in [-0.39, 0.29) is 38.6 Å². The van der Waals surface area contributed by atoms with Crippen LogP contribution in [0.1, 0.15) is 322 Å². The van der Waals surface area contributed by atoms with E-state index in [9.17, 15) is 19.0 Å². The molecule has 0 amide bonds. The monoisotopic (exact) mass is 1340 g/mol. The van der Waals surface area contributed by atoms with E-state index in [1.807, 2.05) is 0 Å². The van der Waals surface area contributed by atoms with Crippen LogP contribution in [0.25, 0.3) is 0 Å². The van der Waals surface area contributed by atoms with Crippen LogP contribution < -0.4 is 5.73 Å². The number of hydrogen-bond acceptors (Lipinski definition) is 8. The molecule has 3 N–H and O–H groups in total. The van der Waals surface area contributed by atoms with Gasteiger partial charge in [0.15, 0.2) is 6.10 Å². The quantitative estimate of drug-likeness (QED) is 0.0264. The predicted molar refractivity (Wildman–Crippen MR) is 413 cm³/mol. The summed E-state index contributed by atoms with van der Waals surface area (Å²) in [6.07, 6.45) is 116. The van der Waals surface area contributed by atoms with Crippen LogP contribution in [0.4, 0.5) is 0 Å². The van der Waals surface area contributed by atoms with E-state index in [1.165, 1.54) is 154 Å². The zero-order valence-electron chi connectivity index (χ0n) is 60.8. The molecule has 10 heteroatoms. The molecule has 0 rings (SSSR count). The van der Waals surface area contributed by atoms with Crippen LogP contribution in [0.2, 0.25) is 0 Å². The number of allylic oxidation sites excluding steroid dienone is 28. The van der Waals surface area contributed by atoms with E-state index in [0.29, 0.717) is 6.42 Å². The summed E-state index contributed by atoms with van der Waals surface area (Å²) in [6, 6.07) is 0. The Morgan fingerprint density at radius 3 is 0.811 bits per heavy atom. The molecule has 0 aliphatic rings. The van der Waals surface area contributed by atoms with Gasteiger partial charge in [-0.05, 0) is 128 Å². The molecule has 0 aliphatic carbocycles. The van der Waals surface area contributed by atoms with Crippen LogP contribution in [-0.4, -0.2) is 49.3 Å². The van der Waals surface area contributed by atoms with Gasteiger partial charge in [0.2, 0.25) is 0 Å². The van der Waals surface area contributed by atoms with E-state index in [1.54, 1.807) is 0 Å². The lowest BCUT2D eigenvalue weighted by Gasteiger charge is -2.19. The second-order valence-corrected chi connectivity index (χ2v) is 26.6. The summed E-state index contributed by atoms with van der Waals surface area (Å²) in [5.41, 5.74) is 5.41. The van der Waals surface area contributed by atoms with Crippen molar-refractivity contribution >= 4 is 19.8 Å². The van der Waals surface area contributed by atoms with Crippen molar-refractivity contribution in [3.8, 4) is 0 Å². The van der Waals surface area contributed by atoms with Crippen LogP contribution in [0.5, 0.6) is 0 Å². The first-order valence-corrected chi connectivity index (χ1v) is 40.1. The maximum absolute atomic E-state index is 12.8. The molecule has 0 aromatic heterocycles. The van der Waals surface area contributed by atoms with Crippen molar-refractivity contribution in [2.45, 2.75) is 328 Å². The van der Waals surface area contributed by atoms with E-state index >= 15 is 0 Å². The number of carbonyl (C=O) groups is 2. The maximum atomic E-state index is 12.8. The smallest absolute Gasteiger partial charge is 0.462 e. The predicted octanol–water partition coefficient (Wildman–Crippen LogP) is 26.1. The Morgan fingerprint density at radius 2 is 0.547 bits per heavy atom. The number of esters is 2. The van der Waals surface area contributed by atoms with Gasteiger partial charge in [-0.1, -0.05) is 351 Å². The van der Waals surface area contributed by atoms with Gasteiger partial charge in [0, 0.05) is 19.4 Å². The molecule has 540 valence electrons. The van der Waals surface area contributed by atoms with E-state index in [4.69, 9.17) is 24.3 Å². The Balaban J connectivity index is 3.88. The first-order chi connectivity index (χ1) is 46.8. The highest BCUT2D eigenvalue weighted by atomic mass is 31.2. The molecule has 0 radical (unpaired) electrons. The summed E-state index contributed by atoms with van der Waals surface area (Å²) in [4.78, 5) is 35.5. The Morgan fingerprint density at radius 1 is 0.316 bits per heavy atom. The van der Waals surface area contributed by atoms with Crippen molar-refractivity contribution in [2.75, 3.05) is 26.4 Å². The lowest BCUT2D eigenvalue weighted by Crippen LogP contribution is -2.29. The Kier molecular flexibility index (Phi) is 74.5. The molecule has 0 saturated heterocycles. The fourth-order valence-electron chi connectivity index (χ4n) is 10.5. The highest BCUT2D eigenvalue weighted by Crippen LogP contribution is 2.43. The molecular formula is C85H142NO8P. The van der Waals surface area contributed by atoms with Gasteiger partial charge in [-0.3, -0.25) is 18.6 Å². The first kappa shape index (κ1) is 90.4. The SMILES string of the molecule is CC/C=C\C/C=C\C/C=C\C/C=C\C/C=C\C/C=C\C/C=C\C/C=C\C/C=C\CCCCCCCCCCCCCC(=O)OC(COC(=O)CCCCCCCCCCCCCCCCCCCCC/C=C\C/C=C\C/C=C\C/C=C\C/C=C\CC)COP(=O)(O)OCCN. The topological polar surface area (TPSA) is 134 Å². The molecule has 95 heavy (non-hydrogen) atoms. The van der Waals surface area contributed by atoms with Gasteiger partial charge < -0.3 is 20.1 Å². The van der Waals surface area contributed by atoms with Gasteiger partial charge >= 0.3 is 19.8 Å². The number of carbonyl (C=O) groups excluding carboxylic acids is 2. The molecule has 2 atom stereocenters. The standard InChI is InChI=1S/C85H142NO8P/c1-3-5-7-9-11-13-15-17-19-21-23-25-27-29-31-33-35-37-39-40-41-42-44-46-48-50-52-54-56-58-60-62-64-66-68-70-72-74-76-78-85(88)94-83(82-93-95(89,90)92-80-79-86)81-91-84(87)77-75-73-71-69-67-65-63-61-59-57-55-53-51-49-47-45-43-38-36-34-32-30-28-26-24-22-20-18-16-14-12-10-8-6-4-2/h5-8,11-14,17-20,23-26,29-32,35,37,40-41,44,46,50,52,83H,3-4,9-10,15-16,21-22,27-28,33-34,36,38-39,42-43,45,47-49,51,53-82,86H2,1-2H3,(H,89,90)/b7-5-,8-6-,13-11-,14-12-,19-17-,20-18-,25-23-,26-24-,31-29-,32-30-,37-35-,41-40-,46-44-,52-50-. The largest absolute Gasteiger partial charge is 0.472 e. The van der Waals surface area contributed by atoms with Gasteiger partial charge in [0.25, 0.3) is 0 Å². The van der Waals surface area contributed by atoms with Crippen LogP contribution in [-0.2, 0) is 32.7 Å². The third kappa shape index (κ3) is 78.3. The van der Waals surface area contributed by atoms with E-state index in [2.05, 4.69) is 184 Å². The van der Waals surface area contributed by atoms with Crippen molar-refractivity contribution < 1.29 is 37.6 Å². The normalized spacial score (nSPS) is 13.9. The summed E-state index contributed by atoms with van der Waals surface area (Å²) < 4.78 is 33.3. The average Bonchev–Trinajstić information content (AvgIpc) is 3.16. The summed E-state index contributed by atoms with van der Waals surface area (Å²) in [5.74, 6) is -0.829. The molecular weight excluding hydrogens is 1190 g/mol. The van der Waals surface area contributed by atoms with Crippen LogP contribution in [0, 0.1) is 0 Å². The number of phosphoric ester groups is 1. The number of ether oxygens (including phenoxy) is 2. The molecule has 0 heterocycles.